The average molecular weight is 346 g/mol. The summed E-state index contributed by atoms with van der Waals surface area (Å²) in [6.45, 7) is 11.2. The van der Waals surface area contributed by atoms with Crippen molar-refractivity contribution in [3.8, 4) is 0 Å². The molecule has 5 nitrogen and oxygen atoms in total. The Morgan fingerprint density at radius 3 is 2.80 bits per heavy atom. The molecule has 0 amide bonds. The highest BCUT2D eigenvalue weighted by molar-refractivity contribution is 5.88. The number of rotatable bonds is 2. The maximum atomic E-state index is 12.3. The van der Waals surface area contributed by atoms with Gasteiger partial charge >= 0.3 is 11.9 Å². The largest absolute Gasteiger partial charge is 0.459 e. The van der Waals surface area contributed by atoms with Crippen molar-refractivity contribution in [2.75, 3.05) is 0 Å². The predicted octanol–water partition coefficient (Wildman–Crippen LogP) is 2.70. The number of allylic oxidation sites excluding steroid dienone is 2. The fourth-order valence-corrected chi connectivity index (χ4v) is 4.53. The summed E-state index contributed by atoms with van der Waals surface area (Å²) in [6.07, 6.45) is 5.92. The predicted molar refractivity (Wildman–Crippen MR) is 92.4 cm³/mol. The second-order valence-corrected chi connectivity index (χ2v) is 7.88. The summed E-state index contributed by atoms with van der Waals surface area (Å²) >= 11 is 0. The first-order valence-corrected chi connectivity index (χ1v) is 8.77. The highest BCUT2D eigenvalue weighted by Crippen LogP contribution is 2.57. The molecule has 1 heterocycles. The molecular formula is C20H26O5. The van der Waals surface area contributed by atoms with Gasteiger partial charge in [-0.3, -0.25) is 0 Å². The molecule has 2 fully saturated rings. The molecule has 0 spiro atoms. The monoisotopic (exact) mass is 346 g/mol. The molecule has 0 radical (unpaired) electrons. The molecule has 3 aliphatic rings. The molecule has 6 atom stereocenters. The summed E-state index contributed by atoms with van der Waals surface area (Å²) in [6, 6.07) is 0. The van der Waals surface area contributed by atoms with Crippen LogP contribution in [0.4, 0.5) is 0 Å². The zero-order valence-electron chi connectivity index (χ0n) is 15.2. The molecular weight excluding hydrogens is 320 g/mol. The zero-order valence-corrected chi connectivity index (χ0v) is 15.2. The van der Waals surface area contributed by atoms with Crippen molar-refractivity contribution in [3.05, 3.63) is 36.0 Å². The molecule has 25 heavy (non-hydrogen) atoms. The van der Waals surface area contributed by atoms with Gasteiger partial charge in [-0.05, 0) is 45.3 Å². The van der Waals surface area contributed by atoms with Crippen LogP contribution < -0.4 is 0 Å². The van der Waals surface area contributed by atoms with Crippen molar-refractivity contribution in [1.29, 1.82) is 0 Å². The van der Waals surface area contributed by atoms with Crippen LogP contribution in [0, 0.1) is 17.3 Å². The summed E-state index contributed by atoms with van der Waals surface area (Å²) in [4.78, 5) is 24.4. The quantitative estimate of drug-likeness (QED) is 0.615. The van der Waals surface area contributed by atoms with Crippen molar-refractivity contribution in [1.82, 2.24) is 0 Å². The van der Waals surface area contributed by atoms with Crippen LogP contribution in [0.5, 0.6) is 0 Å². The van der Waals surface area contributed by atoms with Crippen LogP contribution in [0.2, 0.25) is 0 Å². The number of esters is 2. The third-order valence-corrected chi connectivity index (χ3v) is 6.33. The molecule has 1 saturated heterocycles. The van der Waals surface area contributed by atoms with Crippen LogP contribution in [0.25, 0.3) is 0 Å². The van der Waals surface area contributed by atoms with E-state index in [1.807, 2.05) is 19.1 Å². The average Bonchev–Trinajstić information content (AvgIpc) is 2.78. The molecule has 1 aliphatic heterocycles. The van der Waals surface area contributed by atoms with E-state index in [2.05, 4.69) is 6.58 Å². The van der Waals surface area contributed by atoms with Gasteiger partial charge in [-0.15, -0.1) is 0 Å². The molecule has 0 bridgehead atoms. The summed E-state index contributed by atoms with van der Waals surface area (Å²) in [5.41, 5.74) is -0.488. The van der Waals surface area contributed by atoms with Crippen LogP contribution in [0.3, 0.4) is 0 Å². The lowest BCUT2D eigenvalue weighted by Gasteiger charge is -2.51. The van der Waals surface area contributed by atoms with Gasteiger partial charge in [-0.25, -0.2) is 9.59 Å². The molecule has 3 rings (SSSR count). The number of aliphatic hydroxyl groups is 1. The van der Waals surface area contributed by atoms with Gasteiger partial charge in [-0.1, -0.05) is 25.7 Å². The summed E-state index contributed by atoms with van der Waals surface area (Å²) < 4.78 is 11.3. The molecule has 0 aromatic heterocycles. The van der Waals surface area contributed by atoms with Gasteiger partial charge in [0.25, 0.3) is 0 Å². The Balaban J connectivity index is 1.94. The third kappa shape index (κ3) is 2.56. The smallest absolute Gasteiger partial charge is 0.338 e. The topological polar surface area (TPSA) is 72.8 Å². The van der Waals surface area contributed by atoms with Crippen LogP contribution >= 0.6 is 0 Å². The first kappa shape index (κ1) is 17.9. The molecule has 1 N–H and O–H groups in total. The van der Waals surface area contributed by atoms with Gasteiger partial charge in [0.05, 0.1) is 0 Å². The van der Waals surface area contributed by atoms with Gasteiger partial charge in [0.2, 0.25) is 0 Å². The minimum Gasteiger partial charge on any atom is -0.459 e. The van der Waals surface area contributed by atoms with Gasteiger partial charge in [0, 0.05) is 22.8 Å². The summed E-state index contributed by atoms with van der Waals surface area (Å²) in [5.74, 6) is -1.37. The first-order chi connectivity index (χ1) is 11.6. The number of carbonyl (C=O) groups excluding carboxylic acids is 2. The lowest BCUT2D eigenvalue weighted by molar-refractivity contribution is -0.161. The van der Waals surface area contributed by atoms with Gasteiger partial charge in [0.15, 0.2) is 5.60 Å². The van der Waals surface area contributed by atoms with Gasteiger partial charge < -0.3 is 14.6 Å². The summed E-state index contributed by atoms with van der Waals surface area (Å²) in [7, 11) is 0. The van der Waals surface area contributed by atoms with E-state index in [4.69, 9.17) is 9.47 Å². The van der Waals surface area contributed by atoms with Crippen LogP contribution in [-0.2, 0) is 19.1 Å². The Bertz CT molecular complexity index is 686. The Labute approximate surface area is 148 Å². The Kier molecular flexibility index (Phi) is 4.18. The molecule has 0 aromatic rings. The Morgan fingerprint density at radius 1 is 1.48 bits per heavy atom. The Morgan fingerprint density at radius 2 is 2.16 bits per heavy atom. The van der Waals surface area contributed by atoms with Crippen molar-refractivity contribution in [3.63, 3.8) is 0 Å². The van der Waals surface area contributed by atoms with Gasteiger partial charge in [-0.2, -0.15) is 0 Å². The standard InChI is InChI=1S/C20H26O5/c1-6-11(2)17(21)24-14-8-7-12(3)15-16-13(9-10-19(14,15)4)20(5,23)18(22)25-16/h6-8,13-16,23H,3,9-10H2,1-2,4-5H3/b11-6+/t13-,14-,15+,16-,19-,20-/m1/s1. The minimum atomic E-state index is -1.47. The van der Waals surface area contributed by atoms with E-state index < -0.39 is 29.2 Å². The van der Waals surface area contributed by atoms with Crippen LogP contribution in [-0.4, -0.2) is 34.9 Å². The number of ether oxygens (including phenoxy) is 2. The highest BCUT2D eigenvalue weighted by atomic mass is 16.6. The Hall–Kier alpha value is -1.88. The van der Waals surface area contributed by atoms with E-state index in [1.54, 1.807) is 19.9 Å². The van der Waals surface area contributed by atoms with Crippen molar-refractivity contribution >= 4 is 11.9 Å². The maximum Gasteiger partial charge on any atom is 0.338 e. The highest BCUT2D eigenvalue weighted by Gasteiger charge is 2.63. The van der Waals surface area contributed by atoms with Gasteiger partial charge in [0.1, 0.15) is 12.2 Å². The molecule has 5 heteroatoms. The molecule has 1 saturated carbocycles. The number of hydrogen-bond acceptors (Lipinski definition) is 5. The van der Waals surface area contributed by atoms with Crippen molar-refractivity contribution in [2.45, 2.75) is 58.3 Å². The number of hydrogen-bond donors (Lipinski definition) is 1. The number of fused-ring (bicyclic) bond motifs is 3. The van der Waals surface area contributed by atoms with E-state index in [1.165, 1.54) is 6.92 Å². The van der Waals surface area contributed by atoms with E-state index in [-0.39, 0.29) is 17.8 Å². The third-order valence-electron chi connectivity index (χ3n) is 6.33. The minimum absolute atomic E-state index is 0.183. The first-order valence-electron chi connectivity index (χ1n) is 8.77. The molecule has 0 unspecified atom stereocenters. The lowest BCUT2D eigenvalue weighted by atomic mass is 9.55. The fourth-order valence-electron chi connectivity index (χ4n) is 4.53. The van der Waals surface area contributed by atoms with Crippen molar-refractivity contribution < 1.29 is 24.2 Å². The zero-order chi connectivity index (χ0) is 18.6. The SMILES string of the molecule is C=C1C=C[C@@H](OC(=O)/C(C)=C/C)[C@@]2(C)CC[C@@H]3[C@@H](OC(=O)[C@]3(C)O)[C@H]12. The van der Waals surface area contributed by atoms with E-state index in [0.29, 0.717) is 18.4 Å². The fraction of sp³-hybridized carbons (Fsp3) is 0.600. The van der Waals surface area contributed by atoms with E-state index in [9.17, 15) is 14.7 Å². The normalized spacial score (nSPS) is 43.3. The van der Waals surface area contributed by atoms with Crippen LogP contribution in [0.1, 0.15) is 40.5 Å². The molecule has 0 aromatic carbocycles. The number of carbonyl (C=O) groups is 2. The van der Waals surface area contributed by atoms with E-state index >= 15 is 0 Å². The molecule has 2 aliphatic carbocycles. The molecule has 136 valence electrons. The van der Waals surface area contributed by atoms with Crippen LogP contribution in [0.15, 0.2) is 36.0 Å². The van der Waals surface area contributed by atoms with E-state index in [0.717, 1.165) is 5.57 Å². The van der Waals surface area contributed by atoms with Crippen molar-refractivity contribution in [2.24, 2.45) is 17.3 Å². The lowest BCUT2D eigenvalue weighted by Crippen LogP contribution is -2.55. The summed E-state index contributed by atoms with van der Waals surface area (Å²) in [5, 5.41) is 10.5. The maximum absolute atomic E-state index is 12.3. The second-order valence-electron chi connectivity index (χ2n) is 7.88. The second kappa shape index (κ2) is 5.84.